The molecule has 6 nitrogen and oxygen atoms in total. The van der Waals surface area contributed by atoms with Crippen LogP contribution < -0.4 is 4.74 Å². The van der Waals surface area contributed by atoms with Gasteiger partial charge in [0.2, 0.25) is 0 Å². The molecule has 0 fully saturated rings. The summed E-state index contributed by atoms with van der Waals surface area (Å²) in [5, 5.41) is 18.1. The Morgan fingerprint density at radius 1 is 1.24 bits per heavy atom. The van der Waals surface area contributed by atoms with Gasteiger partial charge in [-0.05, 0) is 24.3 Å². The van der Waals surface area contributed by atoms with Crippen LogP contribution in [0, 0.1) is 0 Å². The first-order valence-electron chi connectivity index (χ1n) is 6.18. The van der Waals surface area contributed by atoms with Crippen molar-refractivity contribution >= 4 is 17.2 Å². The Labute approximate surface area is 120 Å². The average molecular weight is 281 g/mol. The third kappa shape index (κ3) is 2.16. The van der Waals surface area contributed by atoms with Crippen molar-refractivity contribution in [3.8, 4) is 22.9 Å². The van der Waals surface area contributed by atoms with Crippen LogP contribution in [-0.2, 0) is 0 Å². The molecule has 0 aliphatic carbocycles. The van der Waals surface area contributed by atoms with Crippen LogP contribution in [0.4, 0.5) is 0 Å². The van der Waals surface area contributed by atoms with E-state index in [1.54, 1.807) is 36.5 Å². The van der Waals surface area contributed by atoms with Gasteiger partial charge in [0.25, 0.3) is 5.88 Å². The molecule has 0 spiro atoms. The maximum atomic E-state index is 10.9. The fourth-order valence-electron chi connectivity index (χ4n) is 2.15. The van der Waals surface area contributed by atoms with Crippen LogP contribution in [0.3, 0.4) is 0 Å². The van der Waals surface area contributed by atoms with E-state index >= 15 is 0 Å². The van der Waals surface area contributed by atoms with Crippen molar-refractivity contribution in [2.24, 2.45) is 0 Å². The standard InChI is InChI=1S/C15H11N3O3/c1-21-12-7-9(8-19)4-5-10(12)13-11-3-2-6-16-14(11)15(20)18-17-13/h2-8H,1H3,(H,18,20). The zero-order valence-corrected chi connectivity index (χ0v) is 11.1. The summed E-state index contributed by atoms with van der Waals surface area (Å²) >= 11 is 0. The summed E-state index contributed by atoms with van der Waals surface area (Å²) in [4.78, 5) is 15.0. The number of benzene rings is 1. The Hall–Kier alpha value is -3.02. The molecule has 0 saturated heterocycles. The van der Waals surface area contributed by atoms with Crippen LogP contribution in [0.25, 0.3) is 22.2 Å². The van der Waals surface area contributed by atoms with Gasteiger partial charge in [0, 0.05) is 22.7 Å². The van der Waals surface area contributed by atoms with Gasteiger partial charge >= 0.3 is 0 Å². The van der Waals surface area contributed by atoms with Gasteiger partial charge in [0.05, 0.1) is 7.11 Å². The third-order valence-electron chi connectivity index (χ3n) is 3.14. The fourth-order valence-corrected chi connectivity index (χ4v) is 2.15. The SMILES string of the molecule is COc1cc(C=O)ccc1-c1nnc(O)c2ncccc12. The Balaban J connectivity index is 2.31. The second kappa shape index (κ2) is 5.16. The second-order valence-electron chi connectivity index (χ2n) is 4.35. The highest BCUT2D eigenvalue weighted by molar-refractivity contribution is 5.96. The number of hydrogen-bond acceptors (Lipinski definition) is 6. The zero-order valence-electron chi connectivity index (χ0n) is 11.1. The van der Waals surface area contributed by atoms with Gasteiger partial charge in [-0.1, -0.05) is 6.07 Å². The molecule has 0 aliphatic rings. The van der Waals surface area contributed by atoms with Crippen molar-refractivity contribution in [1.82, 2.24) is 15.2 Å². The minimum Gasteiger partial charge on any atom is -0.496 e. The zero-order chi connectivity index (χ0) is 14.8. The van der Waals surface area contributed by atoms with Gasteiger partial charge in [0.15, 0.2) is 0 Å². The van der Waals surface area contributed by atoms with Crippen molar-refractivity contribution in [3.05, 3.63) is 42.1 Å². The molecule has 0 unspecified atom stereocenters. The summed E-state index contributed by atoms with van der Waals surface area (Å²) in [5.74, 6) is 0.280. The number of aldehydes is 1. The van der Waals surface area contributed by atoms with E-state index in [1.807, 2.05) is 0 Å². The van der Waals surface area contributed by atoms with E-state index in [0.29, 0.717) is 33.5 Å². The van der Waals surface area contributed by atoms with Gasteiger partial charge in [-0.2, -0.15) is 0 Å². The first-order chi connectivity index (χ1) is 10.2. The molecule has 0 saturated carbocycles. The van der Waals surface area contributed by atoms with E-state index in [-0.39, 0.29) is 5.88 Å². The molecule has 0 aliphatic heterocycles. The molecule has 2 aromatic heterocycles. The van der Waals surface area contributed by atoms with Gasteiger partial charge in [-0.3, -0.25) is 9.78 Å². The van der Waals surface area contributed by atoms with E-state index in [1.165, 1.54) is 7.11 Å². The first-order valence-corrected chi connectivity index (χ1v) is 6.18. The maximum Gasteiger partial charge on any atom is 0.257 e. The van der Waals surface area contributed by atoms with Crippen molar-refractivity contribution in [1.29, 1.82) is 0 Å². The van der Waals surface area contributed by atoms with Gasteiger partial charge in [-0.25, -0.2) is 0 Å². The number of methoxy groups -OCH3 is 1. The minimum atomic E-state index is -0.224. The molecule has 0 amide bonds. The molecule has 0 atom stereocenters. The van der Waals surface area contributed by atoms with Crippen LogP contribution in [-0.4, -0.2) is 33.7 Å². The van der Waals surface area contributed by atoms with Crippen molar-refractivity contribution in [2.75, 3.05) is 7.11 Å². The Bertz CT molecular complexity index is 834. The van der Waals surface area contributed by atoms with Gasteiger partial charge in [0.1, 0.15) is 23.2 Å². The fraction of sp³-hybridized carbons (Fsp3) is 0.0667. The van der Waals surface area contributed by atoms with E-state index in [4.69, 9.17) is 4.74 Å². The smallest absolute Gasteiger partial charge is 0.257 e. The Morgan fingerprint density at radius 2 is 2.10 bits per heavy atom. The summed E-state index contributed by atoms with van der Waals surface area (Å²) in [5.41, 5.74) is 2.08. The summed E-state index contributed by atoms with van der Waals surface area (Å²) in [6.45, 7) is 0. The number of aromatic nitrogens is 3. The quantitative estimate of drug-likeness (QED) is 0.741. The summed E-state index contributed by atoms with van der Waals surface area (Å²) in [6.07, 6.45) is 2.31. The lowest BCUT2D eigenvalue weighted by molar-refractivity contribution is 0.112. The van der Waals surface area contributed by atoms with Crippen LogP contribution in [0.5, 0.6) is 11.6 Å². The number of carbonyl (C=O) groups is 1. The number of ether oxygens (including phenoxy) is 1. The van der Waals surface area contributed by atoms with Gasteiger partial charge in [-0.15, -0.1) is 10.2 Å². The molecular weight excluding hydrogens is 270 g/mol. The molecule has 0 radical (unpaired) electrons. The first kappa shape index (κ1) is 13.0. The second-order valence-corrected chi connectivity index (χ2v) is 4.35. The lowest BCUT2D eigenvalue weighted by Gasteiger charge is -2.10. The molecule has 21 heavy (non-hydrogen) atoms. The van der Waals surface area contributed by atoms with E-state index in [9.17, 15) is 9.90 Å². The van der Waals surface area contributed by atoms with E-state index < -0.39 is 0 Å². The molecule has 104 valence electrons. The number of fused-ring (bicyclic) bond motifs is 1. The highest BCUT2D eigenvalue weighted by atomic mass is 16.5. The highest BCUT2D eigenvalue weighted by Crippen LogP contribution is 2.34. The van der Waals surface area contributed by atoms with Crippen LogP contribution in [0.15, 0.2) is 36.5 Å². The number of rotatable bonds is 3. The lowest BCUT2D eigenvalue weighted by Crippen LogP contribution is -1.96. The molecule has 1 N–H and O–H groups in total. The lowest BCUT2D eigenvalue weighted by atomic mass is 10.0. The highest BCUT2D eigenvalue weighted by Gasteiger charge is 2.15. The predicted octanol–water partition coefficient (Wildman–Crippen LogP) is 2.22. The Kier molecular flexibility index (Phi) is 3.19. The van der Waals surface area contributed by atoms with Crippen molar-refractivity contribution in [2.45, 2.75) is 0 Å². The molecular formula is C15H11N3O3. The third-order valence-corrected chi connectivity index (χ3v) is 3.14. The molecule has 3 rings (SSSR count). The normalized spacial score (nSPS) is 10.5. The van der Waals surface area contributed by atoms with Crippen LogP contribution >= 0.6 is 0 Å². The molecule has 3 aromatic rings. The van der Waals surface area contributed by atoms with Crippen molar-refractivity contribution in [3.63, 3.8) is 0 Å². The topological polar surface area (TPSA) is 85.2 Å². The number of pyridine rings is 1. The molecule has 0 bridgehead atoms. The van der Waals surface area contributed by atoms with E-state index in [0.717, 1.165) is 6.29 Å². The van der Waals surface area contributed by atoms with Crippen LogP contribution in [0.2, 0.25) is 0 Å². The molecule has 2 heterocycles. The monoisotopic (exact) mass is 281 g/mol. The largest absolute Gasteiger partial charge is 0.496 e. The predicted molar refractivity (Wildman–Crippen MR) is 76.4 cm³/mol. The number of carbonyl (C=O) groups excluding carboxylic acids is 1. The van der Waals surface area contributed by atoms with Gasteiger partial charge < -0.3 is 9.84 Å². The Morgan fingerprint density at radius 3 is 2.86 bits per heavy atom. The number of nitrogens with zero attached hydrogens (tertiary/aromatic N) is 3. The van der Waals surface area contributed by atoms with E-state index in [2.05, 4.69) is 15.2 Å². The number of hydrogen-bond donors (Lipinski definition) is 1. The van der Waals surface area contributed by atoms with Crippen LogP contribution in [0.1, 0.15) is 10.4 Å². The summed E-state index contributed by atoms with van der Waals surface area (Å²) in [7, 11) is 1.52. The van der Waals surface area contributed by atoms with Crippen molar-refractivity contribution < 1.29 is 14.6 Å². The summed E-state index contributed by atoms with van der Waals surface area (Å²) in [6, 6.07) is 8.56. The molecule has 6 heteroatoms. The maximum absolute atomic E-state index is 10.9. The summed E-state index contributed by atoms with van der Waals surface area (Å²) < 4.78 is 5.31. The molecule has 1 aromatic carbocycles. The minimum absolute atomic E-state index is 0.224. The number of aromatic hydroxyl groups is 1. The average Bonchev–Trinajstić information content (AvgIpc) is 2.55.